The van der Waals surface area contributed by atoms with Gasteiger partial charge in [-0.05, 0) is 25.5 Å². The highest BCUT2D eigenvalue weighted by Gasteiger charge is 2.13. The monoisotopic (exact) mass is 197 g/mol. The molecule has 80 valence electrons. The second-order valence-corrected chi connectivity index (χ2v) is 3.51. The lowest BCUT2D eigenvalue weighted by atomic mass is 10.0. The van der Waals surface area contributed by atoms with Crippen molar-refractivity contribution in [3.8, 4) is 0 Å². The zero-order chi connectivity index (χ0) is 10.2. The maximum absolute atomic E-state index is 7.09. The van der Waals surface area contributed by atoms with Crippen LogP contribution in [0.4, 0.5) is 0 Å². The van der Waals surface area contributed by atoms with E-state index >= 15 is 0 Å². The van der Waals surface area contributed by atoms with E-state index in [0.29, 0.717) is 24.8 Å². The maximum atomic E-state index is 7.09. The maximum Gasteiger partial charge on any atom is 0.134 e. The number of ether oxygens (including phenoxy) is 1. The Morgan fingerprint density at radius 2 is 2.50 bits per heavy atom. The molecule has 1 aliphatic heterocycles. The highest BCUT2D eigenvalue weighted by Crippen LogP contribution is 2.11. The third-order valence-corrected chi connectivity index (χ3v) is 2.35. The molecule has 1 atom stereocenters. The van der Waals surface area contributed by atoms with E-state index in [1.54, 1.807) is 6.08 Å². The summed E-state index contributed by atoms with van der Waals surface area (Å²) >= 11 is 0. The Hall–Kier alpha value is -0.870. The topological polar surface area (TPSA) is 71.1 Å². The van der Waals surface area contributed by atoms with Crippen molar-refractivity contribution in [3.63, 3.8) is 0 Å². The second-order valence-electron chi connectivity index (χ2n) is 3.51. The largest absolute Gasteiger partial charge is 0.492 e. The van der Waals surface area contributed by atoms with Gasteiger partial charge >= 0.3 is 0 Å². The smallest absolute Gasteiger partial charge is 0.134 e. The van der Waals surface area contributed by atoms with E-state index in [4.69, 9.17) is 15.9 Å². The van der Waals surface area contributed by atoms with Crippen LogP contribution < -0.4 is 11.1 Å². The van der Waals surface area contributed by atoms with Crippen molar-refractivity contribution in [3.05, 3.63) is 11.8 Å². The van der Waals surface area contributed by atoms with Gasteiger partial charge in [0, 0.05) is 19.0 Å². The quantitative estimate of drug-likeness (QED) is 0.444. The molecule has 14 heavy (non-hydrogen) atoms. The lowest BCUT2D eigenvalue weighted by Gasteiger charge is -2.22. The molecule has 0 aromatic heterocycles. The van der Waals surface area contributed by atoms with Gasteiger partial charge in [0.15, 0.2) is 0 Å². The molecule has 0 bridgehead atoms. The minimum atomic E-state index is 0.424. The molecule has 0 radical (unpaired) electrons. The van der Waals surface area contributed by atoms with Crippen LogP contribution in [0.25, 0.3) is 0 Å². The number of piperidine rings is 1. The van der Waals surface area contributed by atoms with E-state index in [-0.39, 0.29) is 0 Å². The van der Waals surface area contributed by atoms with Crippen molar-refractivity contribution in [2.45, 2.75) is 12.8 Å². The number of hydrogen-bond acceptors (Lipinski definition) is 4. The molecule has 1 saturated heterocycles. The van der Waals surface area contributed by atoms with Crippen molar-refractivity contribution in [1.29, 1.82) is 5.41 Å². The average Bonchev–Trinajstić information content (AvgIpc) is 2.25. The molecule has 0 aromatic carbocycles. The third kappa shape index (κ3) is 3.89. The summed E-state index contributed by atoms with van der Waals surface area (Å²) in [7, 11) is 0. The molecule has 1 unspecified atom stereocenters. The molecule has 1 rings (SSSR count). The molecule has 0 saturated carbocycles. The van der Waals surface area contributed by atoms with E-state index in [9.17, 15) is 0 Å². The second kappa shape index (κ2) is 6.56. The lowest BCUT2D eigenvalue weighted by molar-refractivity contribution is 0.161. The molecule has 4 heteroatoms. The Morgan fingerprint density at radius 1 is 1.64 bits per heavy atom. The molecule has 0 amide bonds. The molecule has 1 heterocycles. The molecule has 1 aliphatic rings. The van der Waals surface area contributed by atoms with Crippen molar-refractivity contribution in [1.82, 2.24) is 5.32 Å². The summed E-state index contributed by atoms with van der Waals surface area (Å²) in [6.45, 7) is 3.25. The Morgan fingerprint density at radius 3 is 3.07 bits per heavy atom. The first-order valence-electron chi connectivity index (χ1n) is 5.11. The van der Waals surface area contributed by atoms with Crippen molar-refractivity contribution < 1.29 is 4.74 Å². The minimum absolute atomic E-state index is 0.424. The molecule has 4 N–H and O–H groups in total. The average molecular weight is 197 g/mol. The summed E-state index contributed by atoms with van der Waals surface area (Å²) < 4.78 is 5.47. The molecule has 0 aliphatic carbocycles. The fraction of sp³-hybridized carbons (Fsp3) is 0.700. The molecular formula is C10H19N3O. The van der Waals surface area contributed by atoms with Gasteiger partial charge < -0.3 is 21.2 Å². The fourth-order valence-corrected chi connectivity index (χ4v) is 1.56. The molecule has 4 nitrogen and oxygen atoms in total. The van der Waals surface area contributed by atoms with Crippen molar-refractivity contribution in [2.24, 2.45) is 11.7 Å². The summed E-state index contributed by atoms with van der Waals surface area (Å²) in [5, 5.41) is 10.4. The van der Waals surface area contributed by atoms with Crippen LogP contribution in [0.1, 0.15) is 12.8 Å². The van der Waals surface area contributed by atoms with Gasteiger partial charge in [0.1, 0.15) is 5.76 Å². The zero-order valence-electron chi connectivity index (χ0n) is 8.46. The third-order valence-electron chi connectivity index (χ3n) is 2.35. The van der Waals surface area contributed by atoms with Gasteiger partial charge in [0.05, 0.1) is 12.8 Å². The SMILES string of the molecule is N=C/C(=C/CN)OCC1CCCNC1. The number of nitrogens with two attached hydrogens (primary N) is 1. The fourth-order valence-electron chi connectivity index (χ4n) is 1.56. The Bertz CT molecular complexity index is 198. The van der Waals surface area contributed by atoms with E-state index in [0.717, 1.165) is 13.1 Å². The van der Waals surface area contributed by atoms with Crippen molar-refractivity contribution in [2.75, 3.05) is 26.2 Å². The Kier molecular flexibility index (Phi) is 5.25. The van der Waals surface area contributed by atoms with Gasteiger partial charge in [-0.15, -0.1) is 0 Å². The van der Waals surface area contributed by atoms with Crippen LogP contribution >= 0.6 is 0 Å². The first kappa shape index (κ1) is 11.2. The summed E-state index contributed by atoms with van der Waals surface area (Å²) in [4.78, 5) is 0. The van der Waals surface area contributed by atoms with Crippen LogP contribution in [-0.2, 0) is 4.74 Å². The van der Waals surface area contributed by atoms with E-state index < -0.39 is 0 Å². The first-order valence-corrected chi connectivity index (χ1v) is 5.11. The van der Waals surface area contributed by atoms with Gasteiger partial charge in [-0.25, -0.2) is 0 Å². The first-order chi connectivity index (χ1) is 6.86. The van der Waals surface area contributed by atoms with Crippen LogP contribution in [0.3, 0.4) is 0 Å². The van der Waals surface area contributed by atoms with E-state index in [1.165, 1.54) is 19.1 Å². The van der Waals surface area contributed by atoms with Gasteiger partial charge in [-0.2, -0.15) is 0 Å². The van der Waals surface area contributed by atoms with Crippen LogP contribution in [0.15, 0.2) is 11.8 Å². The van der Waals surface area contributed by atoms with Crippen LogP contribution in [-0.4, -0.2) is 32.5 Å². The van der Waals surface area contributed by atoms with Crippen LogP contribution in [0, 0.1) is 11.3 Å². The predicted molar refractivity (Wildman–Crippen MR) is 57.5 cm³/mol. The number of rotatable bonds is 5. The van der Waals surface area contributed by atoms with Gasteiger partial charge in [-0.1, -0.05) is 0 Å². The van der Waals surface area contributed by atoms with Gasteiger partial charge in [-0.3, -0.25) is 0 Å². The Labute approximate surface area is 85.0 Å². The zero-order valence-corrected chi connectivity index (χ0v) is 8.46. The molecule has 0 aromatic rings. The van der Waals surface area contributed by atoms with E-state index in [1.807, 2.05) is 0 Å². The standard InChI is InChI=1S/C10H19N3O/c11-4-3-10(6-12)14-8-9-2-1-5-13-7-9/h3,6,9,12-13H,1-2,4-5,7-8,11H2/b10-3-,12-6?. The van der Waals surface area contributed by atoms with Gasteiger partial charge in [0.2, 0.25) is 0 Å². The summed E-state index contributed by atoms with van der Waals surface area (Å²) in [5.41, 5.74) is 5.34. The van der Waals surface area contributed by atoms with Gasteiger partial charge in [0.25, 0.3) is 0 Å². The van der Waals surface area contributed by atoms with E-state index in [2.05, 4.69) is 5.32 Å². The highest BCUT2D eigenvalue weighted by atomic mass is 16.5. The van der Waals surface area contributed by atoms with Crippen molar-refractivity contribution >= 4 is 6.21 Å². The number of hydrogen-bond donors (Lipinski definition) is 3. The number of allylic oxidation sites excluding steroid dienone is 1. The number of nitrogens with one attached hydrogen (secondary N) is 2. The normalized spacial score (nSPS) is 23.2. The summed E-state index contributed by atoms with van der Waals surface area (Å²) in [6.07, 6.45) is 5.36. The molecule has 0 spiro atoms. The summed E-state index contributed by atoms with van der Waals surface area (Å²) in [5.74, 6) is 1.16. The van der Waals surface area contributed by atoms with Crippen LogP contribution in [0.5, 0.6) is 0 Å². The predicted octanol–water partition coefficient (Wildman–Crippen LogP) is 0.495. The van der Waals surface area contributed by atoms with Crippen LogP contribution in [0.2, 0.25) is 0 Å². The Balaban J connectivity index is 2.23. The molecular weight excluding hydrogens is 178 g/mol. The molecule has 1 fully saturated rings. The lowest BCUT2D eigenvalue weighted by Crippen LogP contribution is -2.32. The minimum Gasteiger partial charge on any atom is -0.492 e. The highest BCUT2D eigenvalue weighted by molar-refractivity contribution is 5.72. The summed E-state index contributed by atoms with van der Waals surface area (Å²) in [6, 6.07) is 0.